The molecule has 0 saturated heterocycles. The van der Waals surface area contributed by atoms with Crippen molar-refractivity contribution in [1.29, 1.82) is 0 Å². The molecule has 0 N–H and O–H groups in total. The summed E-state index contributed by atoms with van der Waals surface area (Å²) in [5.74, 6) is 3.49. The number of ether oxygens (including phenoxy) is 2. The Kier molecular flexibility index (Phi) is 8.86. The molecule has 1 aliphatic rings. The first kappa shape index (κ1) is 26.2. The van der Waals surface area contributed by atoms with Gasteiger partial charge in [-0.1, -0.05) is 69.4 Å². The van der Waals surface area contributed by atoms with Gasteiger partial charge in [0.1, 0.15) is 18.1 Å². The number of aryl methyl sites for hydroxylation is 1. The second kappa shape index (κ2) is 12.9. The Morgan fingerprint density at radius 1 is 0.711 bits per heavy atom. The third-order valence-corrected chi connectivity index (χ3v) is 7.99. The molecule has 5 rings (SSSR count). The fourth-order valence-electron chi connectivity index (χ4n) is 5.65. The zero-order valence-electron chi connectivity index (χ0n) is 22.9. The molecule has 1 fully saturated rings. The van der Waals surface area contributed by atoms with Gasteiger partial charge in [-0.2, -0.15) is 0 Å². The van der Waals surface area contributed by atoms with Crippen molar-refractivity contribution in [2.24, 2.45) is 11.8 Å². The minimum absolute atomic E-state index is 0.574. The number of benzene rings is 3. The molecule has 0 bridgehead atoms. The molecular formula is C35H41NO2. The van der Waals surface area contributed by atoms with E-state index >= 15 is 0 Å². The molecule has 198 valence electrons. The van der Waals surface area contributed by atoms with Gasteiger partial charge in [-0.15, -0.1) is 0 Å². The first-order chi connectivity index (χ1) is 18.7. The summed E-state index contributed by atoms with van der Waals surface area (Å²) in [5.41, 5.74) is 5.86. The molecule has 3 heteroatoms. The average Bonchev–Trinajstić information content (AvgIpc) is 3.36. The van der Waals surface area contributed by atoms with Crippen LogP contribution >= 0.6 is 0 Å². The molecule has 0 spiro atoms. The van der Waals surface area contributed by atoms with Gasteiger partial charge >= 0.3 is 0 Å². The summed E-state index contributed by atoms with van der Waals surface area (Å²) in [6, 6.07) is 31.6. The van der Waals surface area contributed by atoms with Gasteiger partial charge in [0.05, 0.1) is 12.3 Å². The van der Waals surface area contributed by atoms with Gasteiger partial charge in [-0.05, 0) is 103 Å². The lowest BCUT2D eigenvalue weighted by atomic mass is 9.80. The molecule has 38 heavy (non-hydrogen) atoms. The summed E-state index contributed by atoms with van der Waals surface area (Å²) in [6.07, 6.45) is 9.50. The van der Waals surface area contributed by atoms with E-state index in [1.807, 2.05) is 18.2 Å². The minimum atomic E-state index is 0.574. The van der Waals surface area contributed by atoms with Crippen LogP contribution in [0.4, 0.5) is 0 Å². The molecule has 3 nitrogen and oxygen atoms in total. The van der Waals surface area contributed by atoms with Gasteiger partial charge in [0.2, 0.25) is 0 Å². The molecular weight excluding hydrogens is 466 g/mol. The summed E-state index contributed by atoms with van der Waals surface area (Å²) < 4.78 is 14.5. The van der Waals surface area contributed by atoms with Crippen molar-refractivity contribution < 1.29 is 9.47 Å². The highest BCUT2D eigenvalue weighted by Crippen LogP contribution is 2.33. The SMILES string of the molecule is CCCCC1CCC(COc2ccc(-n3c(C)ccc3-c3ccc(OCc4ccccc4)cc3)cc2)CC1. The van der Waals surface area contributed by atoms with Crippen LogP contribution in [-0.4, -0.2) is 11.2 Å². The minimum Gasteiger partial charge on any atom is -0.493 e. The van der Waals surface area contributed by atoms with Crippen molar-refractivity contribution in [2.45, 2.75) is 65.4 Å². The van der Waals surface area contributed by atoms with Gasteiger partial charge in [0, 0.05) is 11.4 Å². The third-order valence-electron chi connectivity index (χ3n) is 7.99. The fourth-order valence-corrected chi connectivity index (χ4v) is 5.65. The summed E-state index contributed by atoms with van der Waals surface area (Å²) in [7, 11) is 0. The molecule has 1 heterocycles. The van der Waals surface area contributed by atoms with Crippen molar-refractivity contribution in [3.63, 3.8) is 0 Å². The van der Waals surface area contributed by atoms with E-state index in [0.29, 0.717) is 12.5 Å². The van der Waals surface area contributed by atoms with Crippen LogP contribution in [0.1, 0.15) is 63.1 Å². The quantitative estimate of drug-likeness (QED) is 0.202. The predicted molar refractivity (Wildman–Crippen MR) is 157 cm³/mol. The van der Waals surface area contributed by atoms with E-state index in [0.717, 1.165) is 29.7 Å². The normalized spacial score (nSPS) is 17.3. The van der Waals surface area contributed by atoms with Gasteiger partial charge in [0.15, 0.2) is 0 Å². The highest BCUT2D eigenvalue weighted by Gasteiger charge is 2.21. The van der Waals surface area contributed by atoms with E-state index in [1.165, 1.54) is 67.5 Å². The Morgan fingerprint density at radius 3 is 2.08 bits per heavy atom. The number of hydrogen-bond donors (Lipinski definition) is 0. The summed E-state index contributed by atoms with van der Waals surface area (Å²) in [6.45, 7) is 5.86. The molecule has 0 atom stereocenters. The zero-order valence-corrected chi connectivity index (χ0v) is 22.9. The van der Waals surface area contributed by atoms with Crippen LogP contribution in [0.3, 0.4) is 0 Å². The van der Waals surface area contributed by atoms with Gasteiger partial charge in [0.25, 0.3) is 0 Å². The van der Waals surface area contributed by atoms with Crippen molar-refractivity contribution in [2.75, 3.05) is 6.61 Å². The van der Waals surface area contributed by atoms with Crippen LogP contribution in [0.25, 0.3) is 16.9 Å². The number of rotatable bonds is 11. The van der Waals surface area contributed by atoms with Crippen LogP contribution in [0.2, 0.25) is 0 Å². The second-order valence-electron chi connectivity index (χ2n) is 10.8. The molecule has 1 aromatic heterocycles. The van der Waals surface area contributed by atoms with Crippen LogP contribution in [0.5, 0.6) is 11.5 Å². The molecule has 0 radical (unpaired) electrons. The molecule has 0 amide bonds. The van der Waals surface area contributed by atoms with E-state index in [4.69, 9.17) is 9.47 Å². The maximum atomic E-state index is 6.22. The van der Waals surface area contributed by atoms with Crippen LogP contribution < -0.4 is 9.47 Å². The monoisotopic (exact) mass is 507 g/mol. The topological polar surface area (TPSA) is 23.4 Å². The third kappa shape index (κ3) is 6.69. The Hall–Kier alpha value is -3.46. The lowest BCUT2D eigenvalue weighted by molar-refractivity contribution is 0.178. The highest BCUT2D eigenvalue weighted by atomic mass is 16.5. The summed E-state index contributed by atoms with van der Waals surface area (Å²) >= 11 is 0. The van der Waals surface area contributed by atoms with Crippen LogP contribution in [0, 0.1) is 18.8 Å². The average molecular weight is 508 g/mol. The van der Waals surface area contributed by atoms with Crippen molar-refractivity contribution in [3.8, 4) is 28.4 Å². The first-order valence-electron chi connectivity index (χ1n) is 14.4. The lowest BCUT2D eigenvalue weighted by Crippen LogP contribution is -2.20. The Labute approximate surface area is 228 Å². The second-order valence-corrected chi connectivity index (χ2v) is 10.8. The standard InChI is InChI=1S/C35H41NO2/c1-3-4-8-28-12-14-30(15-13-28)26-38-34-22-18-32(19-23-34)36-27(2)11-24-35(36)31-16-20-33(21-17-31)37-25-29-9-6-5-7-10-29/h5-7,9-11,16-24,28,30H,3-4,8,12-15,25-26H2,1-2H3. The van der Waals surface area contributed by atoms with Crippen molar-refractivity contribution in [1.82, 2.24) is 4.57 Å². The molecule has 3 aromatic carbocycles. The Bertz CT molecular complexity index is 1250. The maximum absolute atomic E-state index is 6.22. The number of hydrogen-bond acceptors (Lipinski definition) is 2. The molecule has 4 aromatic rings. The van der Waals surface area contributed by atoms with E-state index < -0.39 is 0 Å². The van der Waals surface area contributed by atoms with Gasteiger partial charge < -0.3 is 14.0 Å². The van der Waals surface area contributed by atoms with Crippen LogP contribution in [0.15, 0.2) is 91.0 Å². The number of aromatic nitrogens is 1. The molecule has 1 aliphatic carbocycles. The summed E-state index contributed by atoms with van der Waals surface area (Å²) in [4.78, 5) is 0. The molecule has 1 saturated carbocycles. The number of nitrogens with zero attached hydrogens (tertiary/aromatic N) is 1. The van der Waals surface area contributed by atoms with Gasteiger partial charge in [-0.25, -0.2) is 0 Å². The highest BCUT2D eigenvalue weighted by molar-refractivity contribution is 5.65. The van der Waals surface area contributed by atoms with Crippen LogP contribution in [-0.2, 0) is 6.61 Å². The van der Waals surface area contributed by atoms with E-state index in [1.54, 1.807) is 0 Å². The fraction of sp³-hybridized carbons (Fsp3) is 0.371. The predicted octanol–water partition coefficient (Wildman–Crippen LogP) is 9.41. The first-order valence-corrected chi connectivity index (χ1v) is 14.4. The smallest absolute Gasteiger partial charge is 0.119 e. The maximum Gasteiger partial charge on any atom is 0.119 e. The van der Waals surface area contributed by atoms with E-state index in [-0.39, 0.29) is 0 Å². The van der Waals surface area contributed by atoms with Gasteiger partial charge in [-0.3, -0.25) is 0 Å². The van der Waals surface area contributed by atoms with E-state index in [2.05, 4.69) is 91.2 Å². The summed E-state index contributed by atoms with van der Waals surface area (Å²) in [5, 5.41) is 0. The molecule has 0 unspecified atom stereocenters. The zero-order chi connectivity index (χ0) is 26.2. The van der Waals surface area contributed by atoms with Crippen molar-refractivity contribution in [3.05, 3.63) is 102 Å². The molecule has 0 aliphatic heterocycles. The Morgan fingerprint density at radius 2 is 1.37 bits per heavy atom. The lowest BCUT2D eigenvalue weighted by Gasteiger charge is -2.28. The number of unbranched alkanes of at least 4 members (excludes halogenated alkanes) is 1. The largest absolute Gasteiger partial charge is 0.493 e. The van der Waals surface area contributed by atoms with E-state index in [9.17, 15) is 0 Å². The van der Waals surface area contributed by atoms with Crippen molar-refractivity contribution >= 4 is 0 Å². The Balaban J connectivity index is 1.19.